The Balaban J connectivity index is 2.18. The zero-order valence-electron chi connectivity index (χ0n) is 10.8. The Morgan fingerprint density at radius 3 is 3.16 bits per heavy atom. The Morgan fingerprint density at radius 1 is 1.63 bits per heavy atom. The molecular formula is C13H17IN2O3. The van der Waals surface area contributed by atoms with Crippen LogP contribution in [0.1, 0.15) is 31.4 Å². The summed E-state index contributed by atoms with van der Waals surface area (Å²) in [5.41, 5.74) is 0.939. The zero-order valence-corrected chi connectivity index (χ0v) is 12.9. The molecule has 1 aliphatic rings. The molecule has 0 fully saturated rings. The Morgan fingerprint density at radius 2 is 2.42 bits per heavy atom. The predicted octanol–water partition coefficient (Wildman–Crippen LogP) is 2.84. The minimum Gasteiger partial charge on any atom is -0.493 e. The van der Waals surface area contributed by atoms with Crippen molar-refractivity contribution in [1.82, 2.24) is 5.01 Å². The molecule has 0 saturated carbocycles. The second-order valence-corrected chi connectivity index (χ2v) is 5.60. The SMILES string of the molecule is CCCOC(=O)N(N)C1CCOc2ccc(I)cc21. The lowest BCUT2D eigenvalue weighted by molar-refractivity contribution is 0.0746. The van der Waals surface area contributed by atoms with E-state index in [2.05, 4.69) is 22.6 Å². The van der Waals surface area contributed by atoms with Gasteiger partial charge in [0, 0.05) is 15.6 Å². The molecule has 1 heterocycles. The van der Waals surface area contributed by atoms with Crippen LogP contribution in [0, 0.1) is 3.57 Å². The van der Waals surface area contributed by atoms with Crippen LogP contribution in [0.25, 0.3) is 0 Å². The van der Waals surface area contributed by atoms with Crippen LogP contribution in [-0.2, 0) is 4.74 Å². The first-order chi connectivity index (χ1) is 9.13. The maximum atomic E-state index is 11.8. The van der Waals surface area contributed by atoms with E-state index in [1.54, 1.807) is 0 Å². The molecule has 104 valence electrons. The van der Waals surface area contributed by atoms with Crippen molar-refractivity contribution in [3.05, 3.63) is 27.3 Å². The van der Waals surface area contributed by atoms with E-state index < -0.39 is 6.09 Å². The number of hydrogen-bond donors (Lipinski definition) is 1. The number of carbonyl (C=O) groups is 1. The Labute approximate surface area is 126 Å². The molecule has 0 spiro atoms. The number of ether oxygens (including phenoxy) is 2. The highest BCUT2D eigenvalue weighted by atomic mass is 127. The lowest BCUT2D eigenvalue weighted by Gasteiger charge is -2.32. The second-order valence-electron chi connectivity index (χ2n) is 4.36. The number of amides is 1. The fraction of sp³-hybridized carbons (Fsp3) is 0.462. The molecule has 1 amide bonds. The third kappa shape index (κ3) is 3.30. The van der Waals surface area contributed by atoms with Gasteiger partial charge in [-0.05, 0) is 47.2 Å². The molecule has 1 aromatic rings. The van der Waals surface area contributed by atoms with Crippen LogP contribution in [-0.4, -0.2) is 24.3 Å². The van der Waals surface area contributed by atoms with Crippen LogP contribution >= 0.6 is 22.6 Å². The van der Waals surface area contributed by atoms with Gasteiger partial charge in [-0.25, -0.2) is 15.6 Å². The highest BCUT2D eigenvalue weighted by Crippen LogP contribution is 2.35. The van der Waals surface area contributed by atoms with E-state index in [0.717, 1.165) is 21.3 Å². The Hall–Kier alpha value is -1.02. The molecule has 1 aliphatic heterocycles. The van der Waals surface area contributed by atoms with Gasteiger partial charge in [-0.2, -0.15) is 0 Å². The molecule has 0 bridgehead atoms. The fourth-order valence-corrected chi connectivity index (χ4v) is 2.54. The highest BCUT2D eigenvalue weighted by molar-refractivity contribution is 14.1. The van der Waals surface area contributed by atoms with Crippen molar-refractivity contribution in [2.45, 2.75) is 25.8 Å². The third-order valence-corrected chi connectivity index (χ3v) is 3.63. The topological polar surface area (TPSA) is 64.8 Å². The van der Waals surface area contributed by atoms with Gasteiger partial charge in [0.15, 0.2) is 0 Å². The molecule has 1 atom stereocenters. The summed E-state index contributed by atoms with van der Waals surface area (Å²) in [6, 6.07) is 5.68. The maximum absolute atomic E-state index is 11.8. The summed E-state index contributed by atoms with van der Waals surface area (Å²) < 4.78 is 11.7. The van der Waals surface area contributed by atoms with E-state index in [0.29, 0.717) is 19.6 Å². The molecule has 0 aromatic heterocycles. The van der Waals surface area contributed by atoms with Crippen molar-refractivity contribution in [3.63, 3.8) is 0 Å². The van der Waals surface area contributed by atoms with Gasteiger partial charge in [-0.15, -0.1) is 0 Å². The van der Waals surface area contributed by atoms with E-state index >= 15 is 0 Å². The molecule has 6 heteroatoms. The number of nitrogens with zero attached hydrogens (tertiary/aromatic N) is 1. The number of halogens is 1. The number of benzene rings is 1. The minimum atomic E-state index is -0.487. The summed E-state index contributed by atoms with van der Waals surface area (Å²) >= 11 is 2.23. The van der Waals surface area contributed by atoms with E-state index in [1.807, 2.05) is 25.1 Å². The lowest BCUT2D eigenvalue weighted by Crippen LogP contribution is -2.43. The standard InChI is InChI=1S/C13H17IN2O3/c1-2-6-19-13(17)16(15)11-5-7-18-12-4-3-9(14)8-10(11)12/h3-4,8,11H,2,5-7,15H2,1H3. The summed E-state index contributed by atoms with van der Waals surface area (Å²) in [6.07, 6.45) is 0.964. The van der Waals surface area contributed by atoms with Gasteiger partial charge in [0.05, 0.1) is 19.3 Å². The number of hydrogen-bond acceptors (Lipinski definition) is 4. The quantitative estimate of drug-likeness (QED) is 0.381. The summed E-state index contributed by atoms with van der Waals surface area (Å²) in [4.78, 5) is 11.8. The van der Waals surface area contributed by atoms with E-state index in [9.17, 15) is 4.79 Å². The average Bonchev–Trinajstić information content (AvgIpc) is 2.43. The number of carbonyl (C=O) groups excluding carboxylic acids is 1. The van der Waals surface area contributed by atoms with Crippen molar-refractivity contribution in [2.75, 3.05) is 13.2 Å². The van der Waals surface area contributed by atoms with Gasteiger partial charge in [0.25, 0.3) is 0 Å². The predicted molar refractivity (Wildman–Crippen MR) is 79.7 cm³/mol. The molecule has 2 N–H and O–H groups in total. The number of fused-ring (bicyclic) bond motifs is 1. The van der Waals surface area contributed by atoms with Gasteiger partial charge in [0.2, 0.25) is 0 Å². The van der Waals surface area contributed by atoms with Gasteiger partial charge in [0.1, 0.15) is 5.75 Å². The van der Waals surface area contributed by atoms with Crippen molar-refractivity contribution in [3.8, 4) is 5.75 Å². The second kappa shape index (κ2) is 6.42. The summed E-state index contributed by atoms with van der Waals surface area (Å²) in [5, 5.41) is 1.17. The van der Waals surface area contributed by atoms with Gasteiger partial charge >= 0.3 is 6.09 Å². The van der Waals surface area contributed by atoms with E-state index in [1.165, 1.54) is 5.01 Å². The largest absolute Gasteiger partial charge is 0.493 e. The monoisotopic (exact) mass is 376 g/mol. The Kier molecular flexibility index (Phi) is 4.87. The van der Waals surface area contributed by atoms with Crippen LogP contribution in [0.3, 0.4) is 0 Å². The maximum Gasteiger partial charge on any atom is 0.424 e. The first-order valence-electron chi connectivity index (χ1n) is 6.26. The summed E-state index contributed by atoms with van der Waals surface area (Å²) in [7, 11) is 0. The molecular weight excluding hydrogens is 359 g/mol. The molecule has 19 heavy (non-hydrogen) atoms. The van der Waals surface area contributed by atoms with Crippen molar-refractivity contribution in [2.24, 2.45) is 5.84 Å². The average molecular weight is 376 g/mol. The zero-order chi connectivity index (χ0) is 13.8. The number of hydrazine groups is 1. The van der Waals surface area contributed by atoms with Crippen LogP contribution in [0.2, 0.25) is 0 Å². The molecule has 0 radical (unpaired) electrons. The normalized spacial score (nSPS) is 17.3. The number of nitrogens with two attached hydrogens (primary N) is 1. The van der Waals surface area contributed by atoms with Crippen molar-refractivity contribution < 1.29 is 14.3 Å². The Bertz CT molecular complexity index is 467. The van der Waals surface area contributed by atoms with Crippen LogP contribution < -0.4 is 10.6 Å². The third-order valence-electron chi connectivity index (χ3n) is 2.96. The first kappa shape index (κ1) is 14.4. The van der Waals surface area contributed by atoms with E-state index in [4.69, 9.17) is 15.3 Å². The molecule has 1 unspecified atom stereocenters. The summed E-state index contributed by atoms with van der Waals surface area (Å²) in [6.45, 7) is 2.88. The van der Waals surface area contributed by atoms with Gasteiger partial charge < -0.3 is 9.47 Å². The number of rotatable bonds is 3. The smallest absolute Gasteiger partial charge is 0.424 e. The molecule has 5 nitrogen and oxygen atoms in total. The van der Waals surface area contributed by atoms with Crippen LogP contribution in [0.15, 0.2) is 18.2 Å². The molecule has 0 saturated heterocycles. The van der Waals surface area contributed by atoms with E-state index in [-0.39, 0.29) is 6.04 Å². The fourth-order valence-electron chi connectivity index (χ4n) is 2.03. The highest BCUT2D eigenvalue weighted by Gasteiger charge is 2.29. The van der Waals surface area contributed by atoms with Crippen molar-refractivity contribution in [1.29, 1.82) is 0 Å². The van der Waals surface area contributed by atoms with Gasteiger partial charge in [-0.3, -0.25) is 0 Å². The molecule has 0 aliphatic carbocycles. The molecule has 1 aromatic carbocycles. The van der Waals surface area contributed by atoms with Gasteiger partial charge in [-0.1, -0.05) is 6.92 Å². The van der Waals surface area contributed by atoms with Crippen LogP contribution in [0.5, 0.6) is 5.75 Å². The molecule has 2 rings (SSSR count). The summed E-state index contributed by atoms with van der Waals surface area (Å²) in [5.74, 6) is 6.69. The lowest BCUT2D eigenvalue weighted by atomic mass is 10.0. The minimum absolute atomic E-state index is 0.192. The first-order valence-corrected chi connectivity index (χ1v) is 7.34. The van der Waals surface area contributed by atoms with Crippen molar-refractivity contribution >= 4 is 28.7 Å². The van der Waals surface area contributed by atoms with Crippen LogP contribution in [0.4, 0.5) is 4.79 Å².